The summed E-state index contributed by atoms with van der Waals surface area (Å²) in [7, 11) is 3.04. The van der Waals surface area contributed by atoms with Crippen LogP contribution in [0, 0.1) is 5.82 Å². The zero-order valence-electron chi connectivity index (χ0n) is 11.6. The number of thioether (sulfide) groups is 1. The zero-order valence-corrected chi connectivity index (χ0v) is 12.4. The minimum Gasteiger partial charge on any atom is -0.494 e. The lowest BCUT2D eigenvalue weighted by atomic mass is 10.0. The van der Waals surface area contributed by atoms with Crippen molar-refractivity contribution in [2.45, 2.75) is 12.0 Å². The molecular weight excluding hydrogens is 281 g/mol. The Labute approximate surface area is 122 Å². The van der Waals surface area contributed by atoms with Crippen LogP contribution in [-0.4, -0.2) is 43.8 Å². The van der Waals surface area contributed by atoms with E-state index in [1.165, 1.54) is 19.2 Å². The van der Waals surface area contributed by atoms with Crippen LogP contribution in [0.4, 0.5) is 4.39 Å². The first-order valence-corrected chi connectivity index (χ1v) is 7.50. The summed E-state index contributed by atoms with van der Waals surface area (Å²) in [6.45, 7) is 0.434. The molecule has 0 spiro atoms. The molecule has 1 fully saturated rings. The molecule has 0 aromatic heterocycles. The molecule has 6 heteroatoms. The molecule has 0 aliphatic carbocycles. The van der Waals surface area contributed by atoms with E-state index in [1.54, 1.807) is 13.2 Å². The van der Waals surface area contributed by atoms with Gasteiger partial charge >= 0.3 is 0 Å². The third-order valence-corrected chi connectivity index (χ3v) is 4.71. The number of carbonyl (C=O) groups is 1. The molecule has 1 N–H and O–H groups in total. The van der Waals surface area contributed by atoms with E-state index in [2.05, 4.69) is 5.32 Å². The number of amides is 1. The molecule has 0 saturated carbocycles. The van der Waals surface area contributed by atoms with Gasteiger partial charge in [-0.1, -0.05) is 0 Å². The molecule has 1 aromatic carbocycles. The van der Waals surface area contributed by atoms with Crippen molar-refractivity contribution in [3.05, 3.63) is 29.6 Å². The first-order chi connectivity index (χ1) is 9.60. The van der Waals surface area contributed by atoms with Gasteiger partial charge in [0.05, 0.1) is 12.7 Å². The van der Waals surface area contributed by atoms with Crippen LogP contribution in [-0.2, 0) is 4.74 Å². The van der Waals surface area contributed by atoms with E-state index in [0.29, 0.717) is 6.54 Å². The fourth-order valence-corrected chi connectivity index (χ4v) is 3.51. The topological polar surface area (TPSA) is 47.6 Å². The highest BCUT2D eigenvalue weighted by atomic mass is 32.2. The Bertz CT molecular complexity index is 489. The Kier molecular flexibility index (Phi) is 4.88. The smallest absolute Gasteiger partial charge is 0.251 e. The van der Waals surface area contributed by atoms with Gasteiger partial charge in [0.15, 0.2) is 11.6 Å². The van der Waals surface area contributed by atoms with Crippen LogP contribution in [0.15, 0.2) is 18.2 Å². The molecule has 0 radical (unpaired) electrons. The average molecular weight is 299 g/mol. The van der Waals surface area contributed by atoms with Crippen LogP contribution >= 0.6 is 11.8 Å². The number of ether oxygens (including phenoxy) is 2. The van der Waals surface area contributed by atoms with Crippen molar-refractivity contribution in [1.82, 2.24) is 5.32 Å². The summed E-state index contributed by atoms with van der Waals surface area (Å²) in [5, 5.41) is 2.81. The van der Waals surface area contributed by atoms with Crippen LogP contribution < -0.4 is 10.1 Å². The first-order valence-electron chi connectivity index (χ1n) is 6.35. The molecule has 1 saturated heterocycles. The largest absolute Gasteiger partial charge is 0.494 e. The second-order valence-corrected chi connectivity index (χ2v) is 5.83. The monoisotopic (exact) mass is 299 g/mol. The maximum Gasteiger partial charge on any atom is 0.251 e. The van der Waals surface area contributed by atoms with E-state index in [1.807, 2.05) is 11.8 Å². The summed E-state index contributed by atoms with van der Waals surface area (Å²) < 4.78 is 23.9. The van der Waals surface area contributed by atoms with Gasteiger partial charge in [-0.3, -0.25) is 4.79 Å². The molecule has 1 unspecified atom stereocenters. The lowest BCUT2D eigenvalue weighted by Gasteiger charge is -2.26. The van der Waals surface area contributed by atoms with Crippen LogP contribution in [0.3, 0.4) is 0 Å². The fraction of sp³-hybridized carbons (Fsp3) is 0.500. The maximum absolute atomic E-state index is 13.6. The number of methoxy groups -OCH3 is 2. The second-order valence-electron chi connectivity index (χ2n) is 4.72. The molecule has 0 bridgehead atoms. The Morgan fingerprint density at radius 2 is 2.30 bits per heavy atom. The summed E-state index contributed by atoms with van der Waals surface area (Å²) in [6, 6.07) is 4.17. The Morgan fingerprint density at radius 3 is 2.85 bits per heavy atom. The lowest BCUT2D eigenvalue weighted by Crippen LogP contribution is -2.44. The summed E-state index contributed by atoms with van der Waals surface area (Å²) in [6.07, 6.45) is 0.908. The van der Waals surface area contributed by atoms with Gasteiger partial charge in [-0.05, 0) is 30.4 Å². The molecule has 1 amide bonds. The van der Waals surface area contributed by atoms with Crippen molar-refractivity contribution in [2.75, 3.05) is 32.3 Å². The van der Waals surface area contributed by atoms with Crippen molar-refractivity contribution >= 4 is 17.7 Å². The van der Waals surface area contributed by atoms with E-state index in [0.717, 1.165) is 17.9 Å². The van der Waals surface area contributed by atoms with Crippen molar-refractivity contribution < 1.29 is 18.7 Å². The van der Waals surface area contributed by atoms with E-state index < -0.39 is 5.82 Å². The zero-order chi connectivity index (χ0) is 14.6. The molecule has 1 atom stereocenters. The highest BCUT2D eigenvalue weighted by Gasteiger charge is 2.34. The highest BCUT2D eigenvalue weighted by molar-refractivity contribution is 7.99. The maximum atomic E-state index is 13.6. The molecule has 1 aliphatic rings. The number of nitrogens with one attached hydrogen (secondary N) is 1. The van der Waals surface area contributed by atoms with Gasteiger partial charge in [-0.25, -0.2) is 4.39 Å². The molecule has 2 rings (SSSR count). The lowest BCUT2D eigenvalue weighted by molar-refractivity contribution is 0.0137. The molecule has 20 heavy (non-hydrogen) atoms. The van der Waals surface area contributed by atoms with Gasteiger partial charge < -0.3 is 14.8 Å². The average Bonchev–Trinajstić information content (AvgIpc) is 2.94. The van der Waals surface area contributed by atoms with E-state index in [9.17, 15) is 9.18 Å². The van der Waals surface area contributed by atoms with Gasteiger partial charge in [-0.2, -0.15) is 11.8 Å². The first kappa shape index (κ1) is 15.1. The molecule has 1 aromatic rings. The third-order valence-electron chi connectivity index (χ3n) is 3.49. The molecular formula is C14H18FNO3S. The Balaban J connectivity index is 1.99. The van der Waals surface area contributed by atoms with Crippen molar-refractivity contribution in [2.24, 2.45) is 0 Å². The summed E-state index contributed by atoms with van der Waals surface area (Å²) in [4.78, 5) is 12.0. The number of halogens is 1. The Morgan fingerprint density at radius 1 is 1.50 bits per heavy atom. The number of benzene rings is 1. The minimum atomic E-state index is -0.543. The predicted octanol–water partition coefficient (Wildman–Crippen LogP) is 2.09. The van der Waals surface area contributed by atoms with E-state index in [4.69, 9.17) is 9.47 Å². The van der Waals surface area contributed by atoms with Crippen LogP contribution in [0.2, 0.25) is 0 Å². The van der Waals surface area contributed by atoms with Gasteiger partial charge in [0.2, 0.25) is 0 Å². The van der Waals surface area contributed by atoms with Gasteiger partial charge in [0.1, 0.15) is 0 Å². The summed E-state index contributed by atoms with van der Waals surface area (Å²) in [5.41, 5.74) is -0.0223. The normalized spacial score (nSPS) is 21.8. The van der Waals surface area contributed by atoms with Crippen molar-refractivity contribution in [3.8, 4) is 5.75 Å². The number of carbonyl (C=O) groups excluding carboxylic acids is 1. The summed E-state index contributed by atoms with van der Waals surface area (Å²) >= 11 is 1.81. The van der Waals surface area contributed by atoms with E-state index >= 15 is 0 Å². The highest BCUT2D eigenvalue weighted by Crippen LogP contribution is 2.30. The van der Waals surface area contributed by atoms with Crippen molar-refractivity contribution in [3.63, 3.8) is 0 Å². The summed E-state index contributed by atoms with van der Waals surface area (Å²) in [5.74, 6) is 1.17. The van der Waals surface area contributed by atoms with Crippen LogP contribution in [0.5, 0.6) is 5.75 Å². The third kappa shape index (κ3) is 3.24. The van der Waals surface area contributed by atoms with E-state index in [-0.39, 0.29) is 22.8 Å². The molecule has 1 heterocycles. The molecule has 4 nitrogen and oxygen atoms in total. The fourth-order valence-electron chi connectivity index (χ4n) is 2.11. The van der Waals surface area contributed by atoms with Crippen molar-refractivity contribution in [1.29, 1.82) is 0 Å². The quantitative estimate of drug-likeness (QED) is 0.904. The number of rotatable bonds is 5. The predicted molar refractivity (Wildman–Crippen MR) is 77.0 cm³/mol. The van der Waals surface area contributed by atoms with Gasteiger partial charge in [-0.15, -0.1) is 0 Å². The number of hydrogen-bond acceptors (Lipinski definition) is 4. The standard InChI is InChI=1S/C14H18FNO3S/c1-18-12-4-3-10(7-11(12)15)13(17)16-8-14(19-2)5-6-20-9-14/h3-4,7H,5-6,8-9H2,1-2H3,(H,16,17). The molecule has 1 aliphatic heterocycles. The number of hydrogen-bond donors (Lipinski definition) is 1. The van der Waals surface area contributed by atoms with Crippen LogP contribution in [0.1, 0.15) is 16.8 Å². The SMILES string of the molecule is COc1ccc(C(=O)NCC2(OC)CCSC2)cc1F. The van der Waals surface area contributed by atoms with Crippen LogP contribution in [0.25, 0.3) is 0 Å². The molecule has 110 valence electrons. The van der Waals surface area contributed by atoms with Gasteiger partial charge in [0, 0.05) is 25.0 Å². The Hall–Kier alpha value is -1.27. The minimum absolute atomic E-state index is 0.127. The van der Waals surface area contributed by atoms with Gasteiger partial charge in [0.25, 0.3) is 5.91 Å². The second kappa shape index (κ2) is 6.45.